The van der Waals surface area contributed by atoms with Crippen molar-refractivity contribution < 1.29 is 4.79 Å². The molecule has 0 aromatic rings. The number of carbonyl (C=O) groups excluding carboxylic acids is 1. The minimum absolute atomic E-state index is 0.0690. The second kappa shape index (κ2) is 1.73. The summed E-state index contributed by atoms with van der Waals surface area (Å²) in [5, 5.41) is 0. The summed E-state index contributed by atoms with van der Waals surface area (Å²) in [7, 11) is 0. The van der Waals surface area contributed by atoms with E-state index in [2.05, 4.69) is 9.98 Å². The predicted molar refractivity (Wildman–Crippen MR) is 38.2 cm³/mol. The second-order valence-electron chi connectivity index (χ2n) is 2.05. The highest BCUT2D eigenvalue weighted by molar-refractivity contribution is 6.35. The molecule has 2 aliphatic rings. The van der Waals surface area contributed by atoms with Crippen LogP contribution in [0.4, 0.5) is 0 Å². The van der Waals surface area contributed by atoms with Gasteiger partial charge in [-0.1, -0.05) is 0 Å². The van der Waals surface area contributed by atoms with E-state index in [0.29, 0.717) is 0 Å². The average molecular weight is 132 g/mol. The van der Waals surface area contributed by atoms with Crippen molar-refractivity contribution in [2.75, 3.05) is 0 Å². The van der Waals surface area contributed by atoms with E-state index in [1.807, 2.05) is 0 Å². The number of fused-ring (bicyclic) bond motifs is 1. The Labute approximate surface area is 57.5 Å². The maximum atomic E-state index is 10.7. The van der Waals surface area contributed by atoms with Crippen molar-refractivity contribution in [3.63, 3.8) is 0 Å². The van der Waals surface area contributed by atoms with Crippen molar-refractivity contribution in [3.05, 3.63) is 23.5 Å². The van der Waals surface area contributed by atoms with E-state index in [-0.39, 0.29) is 5.78 Å². The molecule has 2 rings (SSSR count). The molecule has 0 saturated carbocycles. The van der Waals surface area contributed by atoms with Gasteiger partial charge in [-0.05, 0) is 6.08 Å². The number of hydrogen-bond acceptors (Lipinski definition) is 3. The highest BCUT2D eigenvalue weighted by Crippen LogP contribution is 2.17. The Balaban J connectivity index is 2.51. The molecule has 0 spiro atoms. The Morgan fingerprint density at radius 3 is 3.10 bits per heavy atom. The van der Waals surface area contributed by atoms with Gasteiger partial charge in [-0.25, -0.2) is 0 Å². The van der Waals surface area contributed by atoms with Crippen LogP contribution in [0.1, 0.15) is 0 Å². The molecule has 0 aliphatic carbocycles. The standard InChI is InChI=1S/C7H4N2O/c10-6-1-5-2-8-4-7(5)9-3-6/h1-4H. The number of rotatable bonds is 0. The van der Waals surface area contributed by atoms with E-state index in [9.17, 15) is 4.79 Å². The Bertz CT molecular complexity index is 308. The van der Waals surface area contributed by atoms with Crippen LogP contribution in [0.5, 0.6) is 0 Å². The van der Waals surface area contributed by atoms with Crippen LogP contribution in [0.15, 0.2) is 33.5 Å². The zero-order chi connectivity index (χ0) is 6.97. The first-order valence-corrected chi connectivity index (χ1v) is 2.90. The number of dihydropyridines is 1. The summed E-state index contributed by atoms with van der Waals surface area (Å²) in [6.45, 7) is 0. The van der Waals surface area contributed by atoms with Crippen molar-refractivity contribution >= 4 is 18.2 Å². The monoisotopic (exact) mass is 132 g/mol. The van der Waals surface area contributed by atoms with Gasteiger partial charge in [0.05, 0.1) is 18.1 Å². The summed E-state index contributed by atoms with van der Waals surface area (Å²) in [6.07, 6.45) is 6.08. The minimum atomic E-state index is -0.0690. The molecule has 3 nitrogen and oxygen atoms in total. The van der Waals surface area contributed by atoms with E-state index >= 15 is 0 Å². The summed E-state index contributed by atoms with van der Waals surface area (Å²) >= 11 is 0. The van der Waals surface area contributed by atoms with Gasteiger partial charge in [-0.15, -0.1) is 0 Å². The Morgan fingerprint density at radius 2 is 2.20 bits per heavy atom. The van der Waals surface area contributed by atoms with E-state index in [1.165, 1.54) is 12.3 Å². The molecule has 0 N–H and O–H groups in total. The molecule has 10 heavy (non-hydrogen) atoms. The molecule has 0 amide bonds. The fourth-order valence-electron chi connectivity index (χ4n) is 0.872. The van der Waals surface area contributed by atoms with Gasteiger partial charge in [-0.2, -0.15) is 0 Å². The predicted octanol–water partition coefficient (Wildman–Crippen LogP) is 0.492. The fraction of sp³-hybridized carbons (Fsp3) is 0. The van der Waals surface area contributed by atoms with Crippen molar-refractivity contribution in [1.82, 2.24) is 0 Å². The topological polar surface area (TPSA) is 41.8 Å². The van der Waals surface area contributed by atoms with Crippen LogP contribution in [0, 0.1) is 0 Å². The number of aliphatic imine (C=N–C) groups is 2. The van der Waals surface area contributed by atoms with Crippen LogP contribution in [0.2, 0.25) is 0 Å². The molecule has 0 atom stereocenters. The summed E-state index contributed by atoms with van der Waals surface area (Å²) in [6, 6.07) is 0. The molecule has 48 valence electrons. The molecule has 2 aliphatic heterocycles. The summed E-state index contributed by atoms with van der Waals surface area (Å²) < 4.78 is 0. The molecule has 3 heteroatoms. The summed E-state index contributed by atoms with van der Waals surface area (Å²) in [4.78, 5) is 18.4. The Morgan fingerprint density at radius 1 is 1.30 bits per heavy atom. The number of allylic oxidation sites excluding steroid dienone is 2. The molecule has 0 saturated heterocycles. The lowest BCUT2D eigenvalue weighted by Crippen LogP contribution is -2.02. The maximum Gasteiger partial charge on any atom is 0.197 e. The molecule has 0 aromatic heterocycles. The summed E-state index contributed by atoms with van der Waals surface area (Å²) in [5.74, 6) is -0.0690. The normalized spacial score (nSPS) is 20.6. The molecule has 0 radical (unpaired) electrons. The van der Waals surface area contributed by atoms with Crippen molar-refractivity contribution in [2.24, 2.45) is 9.98 Å². The number of ketones is 1. The van der Waals surface area contributed by atoms with Crippen LogP contribution in [0.25, 0.3) is 0 Å². The quantitative estimate of drug-likeness (QED) is 0.473. The van der Waals surface area contributed by atoms with E-state index < -0.39 is 0 Å². The Hall–Kier alpha value is -1.51. The largest absolute Gasteiger partial charge is 0.288 e. The van der Waals surface area contributed by atoms with Crippen LogP contribution in [0.3, 0.4) is 0 Å². The minimum Gasteiger partial charge on any atom is -0.288 e. The highest BCUT2D eigenvalue weighted by atomic mass is 16.1. The Kier molecular flexibility index (Phi) is 0.917. The molecular formula is C7H4N2O. The molecule has 0 fully saturated rings. The lowest BCUT2D eigenvalue weighted by molar-refractivity contribution is -0.108. The first-order chi connectivity index (χ1) is 4.86. The molecule has 0 unspecified atom stereocenters. The number of nitrogens with zero attached hydrogens (tertiary/aromatic N) is 2. The van der Waals surface area contributed by atoms with Crippen LogP contribution in [-0.2, 0) is 4.79 Å². The SMILES string of the molecule is O=C1C=NC2=CN=CC2=C1. The second-order valence-corrected chi connectivity index (χ2v) is 2.05. The smallest absolute Gasteiger partial charge is 0.197 e. The van der Waals surface area contributed by atoms with Gasteiger partial charge in [0, 0.05) is 11.8 Å². The maximum absolute atomic E-state index is 10.7. The molecule has 0 bridgehead atoms. The van der Waals surface area contributed by atoms with Gasteiger partial charge >= 0.3 is 0 Å². The third-order valence-corrected chi connectivity index (χ3v) is 1.33. The van der Waals surface area contributed by atoms with Gasteiger partial charge in [0.15, 0.2) is 5.78 Å². The molecule has 2 heterocycles. The third-order valence-electron chi connectivity index (χ3n) is 1.33. The van der Waals surface area contributed by atoms with Crippen LogP contribution in [-0.4, -0.2) is 18.2 Å². The lowest BCUT2D eigenvalue weighted by Gasteiger charge is -1.98. The zero-order valence-corrected chi connectivity index (χ0v) is 5.11. The van der Waals surface area contributed by atoms with Gasteiger partial charge in [-0.3, -0.25) is 14.8 Å². The van der Waals surface area contributed by atoms with E-state index in [1.54, 1.807) is 12.4 Å². The van der Waals surface area contributed by atoms with E-state index in [4.69, 9.17) is 0 Å². The van der Waals surface area contributed by atoms with Gasteiger partial charge < -0.3 is 0 Å². The zero-order valence-electron chi connectivity index (χ0n) is 5.11. The fourth-order valence-corrected chi connectivity index (χ4v) is 0.872. The van der Waals surface area contributed by atoms with Crippen LogP contribution >= 0.6 is 0 Å². The highest BCUT2D eigenvalue weighted by Gasteiger charge is 2.11. The van der Waals surface area contributed by atoms with Gasteiger partial charge in [0.25, 0.3) is 0 Å². The molecule has 0 aromatic carbocycles. The van der Waals surface area contributed by atoms with Crippen molar-refractivity contribution in [2.45, 2.75) is 0 Å². The van der Waals surface area contributed by atoms with Crippen molar-refractivity contribution in [1.29, 1.82) is 0 Å². The van der Waals surface area contributed by atoms with Gasteiger partial charge in [0.1, 0.15) is 0 Å². The molecular weight excluding hydrogens is 128 g/mol. The lowest BCUT2D eigenvalue weighted by atomic mass is 10.1. The summed E-state index contributed by atoms with van der Waals surface area (Å²) in [5.41, 5.74) is 1.59. The first kappa shape index (κ1) is 5.29. The average Bonchev–Trinajstić information content (AvgIpc) is 2.33. The van der Waals surface area contributed by atoms with Gasteiger partial charge in [0.2, 0.25) is 0 Å². The third kappa shape index (κ3) is 0.639. The first-order valence-electron chi connectivity index (χ1n) is 2.90. The van der Waals surface area contributed by atoms with E-state index in [0.717, 1.165) is 11.3 Å². The number of hydrogen-bond donors (Lipinski definition) is 0. The number of carbonyl (C=O) groups is 1. The van der Waals surface area contributed by atoms with Crippen molar-refractivity contribution in [3.8, 4) is 0 Å². The van der Waals surface area contributed by atoms with Crippen LogP contribution < -0.4 is 0 Å².